The van der Waals surface area contributed by atoms with E-state index in [1.54, 1.807) is 0 Å². The summed E-state index contributed by atoms with van der Waals surface area (Å²) in [5, 5.41) is 3.98. The first kappa shape index (κ1) is 19.1. The van der Waals surface area contributed by atoms with E-state index in [1.165, 1.54) is 16.7 Å². The van der Waals surface area contributed by atoms with Crippen molar-refractivity contribution in [3.8, 4) is 0 Å². The summed E-state index contributed by atoms with van der Waals surface area (Å²) in [5.41, 5.74) is 3.27. The number of benzene rings is 3. The summed E-state index contributed by atoms with van der Waals surface area (Å²) in [5.74, 6) is 0.584. The standard InChI is InChI=1S/C26H29N/c1-4-25(20-21(2)3)27-26(22-14-8-5-9-15-22,23-16-10-6-11-17-23)24-18-12-7-13-19-24/h4-19,21,25,27H,1,20H2,2-3H3. The van der Waals surface area contributed by atoms with Crippen LogP contribution in [-0.4, -0.2) is 6.04 Å². The lowest BCUT2D eigenvalue weighted by Crippen LogP contribution is -2.49. The van der Waals surface area contributed by atoms with Gasteiger partial charge in [-0.2, -0.15) is 0 Å². The second-order valence-electron chi connectivity index (χ2n) is 7.46. The quantitative estimate of drug-likeness (QED) is 0.376. The van der Waals surface area contributed by atoms with Crippen LogP contribution in [0.25, 0.3) is 0 Å². The predicted octanol–water partition coefficient (Wildman–Crippen LogP) is 6.17. The topological polar surface area (TPSA) is 12.0 Å². The molecule has 0 bridgehead atoms. The molecule has 0 heterocycles. The zero-order valence-corrected chi connectivity index (χ0v) is 16.3. The second-order valence-corrected chi connectivity index (χ2v) is 7.46. The Kier molecular flexibility index (Phi) is 6.26. The van der Waals surface area contributed by atoms with E-state index >= 15 is 0 Å². The van der Waals surface area contributed by atoms with Crippen molar-refractivity contribution >= 4 is 0 Å². The molecule has 1 unspecified atom stereocenters. The van der Waals surface area contributed by atoms with Crippen molar-refractivity contribution < 1.29 is 0 Å². The average Bonchev–Trinajstić information content (AvgIpc) is 2.73. The zero-order chi connectivity index (χ0) is 19.1. The molecule has 3 aromatic rings. The summed E-state index contributed by atoms with van der Waals surface area (Å²) in [6.45, 7) is 8.63. The van der Waals surface area contributed by atoms with Crippen LogP contribution in [0.15, 0.2) is 104 Å². The van der Waals surface area contributed by atoms with E-state index in [9.17, 15) is 0 Å². The molecular weight excluding hydrogens is 326 g/mol. The third-order valence-corrected chi connectivity index (χ3v) is 5.03. The van der Waals surface area contributed by atoms with Gasteiger partial charge in [0.15, 0.2) is 0 Å². The fourth-order valence-corrected chi connectivity index (χ4v) is 3.81. The number of nitrogens with one attached hydrogen (secondary N) is 1. The van der Waals surface area contributed by atoms with Crippen LogP contribution in [0.1, 0.15) is 37.0 Å². The third kappa shape index (κ3) is 4.20. The molecule has 27 heavy (non-hydrogen) atoms. The summed E-state index contributed by atoms with van der Waals surface area (Å²) < 4.78 is 0. The molecule has 0 spiro atoms. The monoisotopic (exact) mass is 355 g/mol. The summed E-state index contributed by atoms with van der Waals surface area (Å²) in [4.78, 5) is 0. The molecule has 0 aliphatic rings. The molecule has 1 heteroatoms. The predicted molar refractivity (Wildman–Crippen MR) is 116 cm³/mol. The molecule has 138 valence electrons. The Bertz CT molecular complexity index is 725. The average molecular weight is 356 g/mol. The van der Waals surface area contributed by atoms with E-state index in [0.717, 1.165) is 6.42 Å². The van der Waals surface area contributed by atoms with Gasteiger partial charge < -0.3 is 0 Å². The minimum Gasteiger partial charge on any atom is -0.294 e. The lowest BCUT2D eigenvalue weighted by atomic mass is 9.76. The van der Waals surface area contributed by atoms with E-state index in [0.29, 0.717) is 5.92 Å². The normalized spacial score (nSPS) is 12.7. The van der Waals surface area contributed by atoms with Gasteiger partial charge >= 0.3 is 0 Å². The minimum atomic E-state index is -0.433. The first-order valence-electron chi connectivity index (χ1n) is 9.73. The molecule has 0 saturated carbocycles. The number of hydrogen-bond donors (Lipinski definition) is 1. The molecule has 3 rings (SSSR count). The van der Waals surface area contributed by atoms with Crippen LogP contribution in [0, 0.1) is 5.92 Å². The molecule has 0 fully saturated rings. The van der Waals surface area contributed by atoms with Crippen LogP contribution in [0.5, 0.6) is 0 Å². The molecule has 0 aliphatic carbocycles. The first-order valence-corrected chi connectivity index (χ1v) is 9.73. The van der Waals surface area contributed by atoms with Gasteiger partial charge in [0.2, 0.25) is 0 Å². The van der Waals surface area contributed by atoms with Crippen molar-refractivity contribution in [3.63, 3.8) is 0 Å². The maximum Gasteiger partial charge on any atom is 0.0952 e. The highest BCUT2D eigenvalue weighted by molar-refractivity contribution is 5.49. The van der Waals surface area contributed by atoms with Crippen LogP contribution in [-0.2, 0) is 5.54 Å². The van der Waals surface area contributed by atoms with Gasteiger partial charge in [-0.05, 0) is 29.0 Å². The Hall–Kier alpha value is -2.64. The Morgan fingerprint density at radius 1 is 0.741 bits per heavy atom. The van der Waals surface area contributed by atoms with Gasteiger partial charge in [0.1, 0.15) is 0 Å². The molecule has 0 amide bonds. The van der Waals surface area contributed by atoms with Gasteiger partial charge in [-0.3, -0.25) is 5.32 Å². The van der Waals surface area contributed by atoms with E-state index in [1.807, 2.05) is 6.08 Å². The highest BCUT2D eigenvalue weighted by atomic mass is 15.0. The summed E-state index contributed by atoms with van der Waals surface area (Å²) in [7, 11) is 0. The van der Waals surface area contributed by atoms with E-state index in [-0.39, 0.29) is 6.04 Å². The van der Waals surface area contributed by atoms with Crippen LogP contribution >= 0.6 is 0 Å². The fourth-order valence-electron chi connectivity index (χ4n) is 3.81. The van der Waals surface area contributed by atoms with E-state index in [2.05, 4.69) is 117 Å². The summed E-state index contributed by atoms with van der Waals surface area (Å²) in [6, 6.07) is 32.4. The SMILES string of the molecule is C=CC(CC(C)C)NC(c1ccccc1)(c1ccccc1)c1ccccc1. The highest BCUT2D eigenvalue weighted by Gasteiger charge is 2.37. The molecule has 0 aromatic heterocycles. The molecular formula is C26H29N. The second kappa shape index (κ2) is 8.83. The molecule has 0 radical (unpaired) electrons. The third-order valence-electron chi connectivity index (χ3n) is 5.03. The summed E-state index contributed by atoms with van der Waals surface area (Å²) in [6.07, 6.45) is 3.08. The van der Waals surface area contributed by atoms with Crippen molar-refractivity contribution in [2.75, 3.05) is 0 Å². The number of hydrogen-bond acceptors (Lipinski definition) is 1. The van der Waals surface area contributed by atoms with Crippen LogP contribution in [0.3, 0.4) is 0 Å². The van der Waals surface area contributed by atoms with Gasteiger partial charge in [-0.15, -0.1) is 6.58 Å². The molecule has 0 aliphatic heterocycles. The zero-order valence-electron chi connectivity index (χ0n) is 16.3. The Morgan fingerprint density at radius 3 is 1.41 bits per heavy atom. The van der Waals surface area contributed by atoms with E-state index in [4.69, 9.17) is 0 Å². The van der Waals surface area contributed by atoms with Crippen LogP contribution in [0.2, 0.25) is 0 Å². The van der Waals surface area contributed by atoms with Gasteiger partial charge in [-0.25, -0.2) is 0 Å². The molecule has 3 aromatic carbocycles. The van der Waals surface area contributed by atoms with Gasteiger partial charge in [0.05, 0.1) is 5.54 Å². The van der Waals surface area contributed by atoms with Crippen LogP contribution < -0.4 is 5.32 Å². The van der Waals surface area contributed by atoms with Crippen molar-refractivity contribution in [2.45, 2.75) is 31.8 Å². The Labute approximate surface area is 163 Å². The molecule has 1 atom stereocenters. The lowest BCUT2D eigenvalue weighted by molar-refractivity contribution is 0.384. The lowest BCUT2D eigenvalue weighted by Gasteiger charge is -2.40. The van der Waals surface area contributed by atoms with Gasteiger partial charge in [0.25, 0.3) is 0 Å². The Morgan fingerprint density at radius 2 is 1.11 bits per heavy atom. The number of rotatable bonds is 8. The maximum absolute atomic E-state index is 4.12. The molecule has 1 N–H and O–H groups in total. The van der Waals surface area contributed by atoms with Crippen molar-refractivity contribution in [3.05, 3.63) is 120 Å². The molecule has 1 nitrogen and oxygen atoms in total. The van der Waals surface area contributed by atoms with Gasteiger partial charge in [0, 0.05) is 6.04 Å². The first-order chi connectivity index (χ1) is 13.2. The largest absolute Gasteiger partial charge is 0.294 e. The maximum atomic E-state index is 4.12. The smallest absolute Gasteiger partial charge is 0.0952 e. The van der Waals surface area contributed by atoms with E-state index < -0.39 is 5.54 Å². The Balaban J connectivity index is 2.24. The fraction of sp³-hybridized carbons (Fsp3) is 0.231. The highest BCUT2D eigenvalue weighted by Crippen LogP contribution is 2.37. The summed E-state index contributed by atoms with van der Waals surface area (Å²) >= 11 is 0. The van der Waals surface area contributed by atoms with Crippen molar-refractivity contribution in [1.82, 2.24) is 5.32 Å². The van der Waals surface area contributed by atoms with Gasteiger partial charge in [-0.1, -0.05) is 111 Å². The van der Waals surface area contributed by atoms with Crippen molar-refractivity contribution in [1.29, 1.82) is 0 Å². The van der Waals surface area contributed by atoms with Crippen molar-refractivity contribution in [2.24, 2.45) is 5.92 Å². The minimum absolute atomic E-state index is 0.200. The van der Waals surface area contributed by atoms with Crippen LogP contribution in [0.4, 0.5) is 0 Å². The molecule has 0 saturated heterocycles.